The minimum atomic E-state index is -0.517. The zero-order valence-corrected chi connectivity index (χ0v) is 15.6. The highest BCUT2D eigenvalue weighted by Gasteiger charge is 2.34. The SMILES string of the molecule is CCN(CC)C(=O)C1=C(C)N(C)C(=S)N[C@@H]1c1cccc([N+](=O)[O-])c1. The van der Waals surface area contributed by atoms with E-state index in [1.54, 1.807) is 29.0 Å². The number of nitrogens with one attached hydrogen (secondary N) is 1. The molecular formula is C17H22N4O3S. The van der Waals surface area contributed by atoms with Gasteiger partial charge in [0.1, 0.15) is 0 Å². The van der Waals surface area contributed by atoms with Crippen LogP contribution in [0, 0.1) is 10.1 Å². The standard InChI is InChI=1S/C17H22N4O3S/c1-5-20(6-2)16(22)14-11(3)19(4)17(25)18-15(14)12-8-7-9-13(10-12)21(23)24/h7-10,15H,5-6H2,1-4H3,(H,18,25)/t15-/m1/s1. The lowest BCUT2D eigenvalue weighted by molar-refractivity contribution is -0.384. The second-order valence-corrected chi connectivity index (χ2v) is 6.16. The Hall–Kier alpha value is -2.48. The number of benzene rings is 1. The second-order valence-electron chi connectivity index (χ2n) is 5.77. The normalized spacial score (nSPS) is 17.4. The zero-order chi connectivity index (χ0) is 18.7. The van der Waals surface area contributed by atoms with Gasteiger partial charge in [0.05, 0.1) is 16.5 Å². The molecule has 25 heavy (non-hydrogen) atoms. The van der Waals surface area contributed by atoms with Crippen molar-refractivity contribution in [3.63, 3.8) is 0 Å². The number of amides is 1. The lowest BCUT2D eigenvalue weighted by Crippen LogP contribution is -2.48. The molecule has 1 atom stereocenters. The Balaban J connectivity index is 2.57. The van der Waals surface area contributed by atoms with Gasteiger partial charge in [0.25, 0.3) is 11.6 Å². The molecule has 0 bridgehead atoms. The van der Waals surface area contributed by atoms with E-state index in [4.69, 9.17) is 12.2 Å². The molecule has 1 N–H and O–H groups in total. The monoisotopic (exact) mass is 362 g/mol. The van der Waals surface area contributed by atoms with Crippen LogP contribution in [-0.4, -0.2) is 45.9 Å². The highest BCUT2D eigenvalue weighted by Crippen LogP contribution is 2.32. The Kier molecular flexibility index (Phi) is 5.73. The summed E-state index contributed by atoms with van der Waals surface area (Å²) in [5.41, 5.74) is 1.92. The summed E-state index contributed by atoms with van der Waals surface area (Å²) >= 11 is 5.35. The molecular weight excluding hydrogens is 340 g/mol. The maximum atomic E-state index is 13.0. The number of nitrogens with zero attached hydrogens (tertiary/aromatic N) is 3. The molecule has 0 saturated carbocycles. The Morgan fingerprint density at radius 3 is 2.60 bits per heavy atom. The van der Waals surface area contributed by atoms with E-state index in [0.717, 1.165) is 5.70 Å². The van der Waals surface area contributed by atoms with Crippen LogP contribution in [0.5, 0.6) is 0 Å². The summed E-state index contributed by atoms with van der Waals surface area (Å²) in [4.78, 5) is 27.2. The van der Waals surface area contributed by atoms with Gasteiger partial charge in [-0.2, -0.15) is 0 Å². The van der Waals surface area contributed by atoms with E-state index in [1.165, 1.54) is 12.1 Å². The molecule has 0 spiro atoms. The van der Waals surface area contributed by atoms with E-state index in [1.807, 2.05) is 20.8 Å². The van der Waals surface area contributed by atoms with Crippen LogP contribution in [0.15, 0.2) is 35.5 Å². The quantitative estimate of drug-likeness (QED) is 0.493. The van der Waals surface area contributed by atoms with Crippen molar-refractivity contribution < 1.29 is 9.72 Å². The van der Waals surface area contributed by atoms with E-state index in [9.17, 15) is 14.9 Å². The number of nitro benzene ring substituents is 1. The third-order valence-corrected chi connectivity index (χ3v) is 4.84. The van der Waals surface area contributed by atoms with Gasteiger partial charge in [0.15, 0.2) is 5.11 Å². The number of non-ortho nitro benzene ring substituents is 1. The van der Waals surface area contributed by atoms with Gasteiger partial charge >= 0.3 is 0 Å². The molecule has 0 aromatic heterocycles. The Bertz CT molecular complexity index is 743. The summed E-state index contributed by atoms with van der Waals surface area (Å²) in [6, 6.07) is 5.78. The van der Waals surface area contributed by atoms with Crippen LogP contribution in [0.25, 0.3) is 0 Å². The minimum absolute atomic E-state index is 0.0172. The predicted molar refractivity (Wildman–Crippen MR) is 100.0 cm³/mol. The number of thiocarbonyl (C=S) groups is 1. The molecule has 7 nitrogen and oxygen atoms in total. The molecule has 0 aliphatic carbocycles. The molecule has 1 aliphatic heterocycles. The zero-order valence-electron chi connectivity index (χ0n) is 14.8. The number of carbonyl (C=O) groups is 1. The molecule has 0 saturated heterocycles. The number of allylic oxidation sites excluding steroid dienone is 1. The molecule has 0 radical (unpaired) electrons. The third kappa shape index (κ3) is 3.63. The fourth-order valence-corrected chi connectivity index (χ4v) is 3.12. The van der Waals surface area contributed by atoms with Crippen LogP contribution in [0.3, 0.4) is 0 Å². The van der Waals surface area contributed by atoms with Crippen molar-refractivity contribution in [3.8, 4) is 0 Å². The van der Waals surface area contributed by atoms with Crippen molar-refractivity contribution in [2.75, 3.05) is 20.1 Å². The van der Waals surface area contributed by atoms with Gasteiger partial charge in [-0.15, -0.1) is 0 Å². The van der Waals surface area contributed by atoms with Crippen molar-refractivity contribution in [2.24, 2.45) is 0 Å². The largest absolute Gasteiger partial charge is 0.351 e. The van der Waals surface area contributed by atoms with Crippen molar-refractivity contribution >= 4 is 28.9 Å². The van der Waals surface area contributed by atoms with Gasteiger partial charge in [0.2, 0.25) is 0 Å². The molecule has 1 aliphatic rings. The van der Waals surface area contributed by atoms with Gasteiger partial charge in [-0.3, -0.25) is 14.9 Å². The van der Waals surface area contributed by atoms with Crippen LogP contribution in [0.2, 0.25) is 0 Å². The third-order valence-electron chi connectivity index (χ3n) is 4.45. The summed E-state index contributed by atoms with van der Waals surface area (Å²) in [5.74, 6) is -0.0964. The summed E-state index contributed by atoms with van der Waals surface area (Å²) in [5, 5.41) is 14.7. The molecule has 1 aromatic rings. The number of rotatable bonds is 5. The summed E-state index contributed by atoms with van der Waals surface area (Å²) < 4.78 is 0. The van der Waals surface area contributed by atoms with Crippen molar-refractivity contribution in [1.29, 1.82) is 0 Å². The average Bonchev–Trinajstić information content (AvgIpc) is 2.60. The molecule has 1 heterocycles. The van der Waals surface area contributed by atoms with E-state index in [0.29, 0.717) is 29.3 Å². The van der Waals surface area contributed by atoms with Crippen molar-refractivity contribution in [1.82, 2.24) is 15.1 Å². The lowest BCUT2D eigenvalue weighted by Gasteiger charge is -2.37. The van der Waals surface area contributed by atoms with Gasteiger partial charge in [-0.1, -0.05) is 12.1 Å². The summed E-state index contributed by atoms with van der Waals surface area (Å²) in [6.45, 7) is 6.85. The number of nitro groups is 1. The van der Waals surface area contributed by atoms with Crippen LogP contribution in [0.4, 0.5) is 5.69 Å². The Morgan fingerprint density at radius 1 is 1.40 bits per heavy atom. The highest BCUT2D eigenvalue weighted by atomic mass is 32.1. The number of hydrogen-bond acceptors (Lipinski definition) is 4. The average molecular weight is 362 g/mol. The van der Waals surface area contributed by atoms with Gasteiger partial charge in [-0.25, -0.2) is 0 Å². The number of likely N-dealkylation sites (N-methyl/N-ethyl adjacent to an activating group) is 1. The van der Waals surface area contributed by atoms with Crippen LogP contribution < -0.4 is 5.32 Å². The first-order chi connectivity index (χ1) is 11.8. The molecule has 1 aromatic carbocycles. The molecule has 134 valence electrons. The molecule has 8 heteroatoms. The molecule has 2 rings (SSSR count). The van der Waals surface area contributed by atoms with Gasteiger partial charge < -0.3 is 15.1 Å². The van der Waals surface area contributed by atoms with Crippen molar-refractivity contribution in [2.45, 2.75) is 26.8 Å². The van der Waals surface area contributed by atoms with Crippen molar-refractivity contribution in [3.05, 3.63) is 51.2 Å². The number of hydrogen-bond donors (Lipinski definition) is 1. The Morgan fingerprint density at radius 2 is 2.04 bits per heavy atom. The molecule has 1 amide bonds. The molecule has 0 unspecified atom stereocenters. The lowest BCUT2D eigenvalue weighted by atomic mass is 9.93. The van der Waals surface area contributed by atoms with Crippen LogP contribution in [0.1, 0.15) is 32.4 Å². The van der Waals surface area contributed by atoms with E-state index in [-0.39, 0.29) is 11.6 Å². The Labute approximate surface area is 152 Å². The van der Waals surface area contributed by atoms with Crippen LogP contribution >= 0.6 is 12.2 Å². The first-order valence-electron chi connectivity index (χ1n) is 8.10. The van der Waals surface area contributed by atoms with Crippen LogP contribution in [-0.2, 0) is 4.79 Å². The summed E-state index contributed by atoms with van der Waals surface area (Å²) in [7, 11) is 1.80. The summed E-state index contributed by atoms with van der Waals surface area (Å²) in [6.07, 6.45) is 0. The predicted octanol–water partition coefficient (Wildman–Crippen LogP) is 2.60. The highest BCUT2D eigenvalue weighted by molar-refractivity contribution is 7.80. The topological polar surface area (TPSA) is 78.7 Å². The van der Waals surface area contributed by atoms with E-state index in [2.05, 4.69) is 5.32 Å². The minimum Gasteiger partial charge on any atom is -0.351 e. The fourth-order valence-electron chi connectivity index (χ4n) is 2.86. The maximum Gasteiger partial charge on any atom is 0.269 e. The smallest absolute Gasteiger partial charge is 0.269 e. The second kappa shape index (κ2) is 7.60. The first kappa shape index (κ1) is 18.9. The van der Waals surface area contributed by atoms with Gasteiger partial charge in [0, 0.05) is 38.0 Å². The first-order valence-corrected chi connectivity index (χ1v) is 8.51. The molecule has 0 fully saturated rings. The fraction of sp³-hybridized carbons (Fsp3) is 0.412. The van der Waals surface area contributed by atoms with E-state index < -0.39 is 11.0 Å². The number of carbonyl (C=O) groups excluding carboxylic acids is 1. The van der Waals surface area contributed by atoms with Gasteiger partial charge in [-0.05, 0) is 38.6 Å². The maximum absolute atomic E-state index is 13.0. The van der Waals surface area contributed by atoms with E-state index >= 15 is 0 Å².